The fourth-order valence-electron chi connectivity index (χ4n) is 2.71. The summed E-state index contributed by atoms with van der Waals surface area (Å²) < 4.78 is 5.86. The molecule has 1 aliphatic rings. The van der Waals surface area contributed by atoms with Crippen molar-refractivity contribution in [3.05, 3.63) is 53.2 Å². The van der Waals surface area contributed by atoms with E-state index in [1.165, 1.54) is 0 Å². The number of carbonyl (C=O) groups is 1. The number of amides is 1. The number of aromatic nitrogens is 1. The normalized spacial score (nSPS) is 16.1. The molecule has 0 unspecified atom stereocenters. The second kappa shape index (κ2) is 5.81. The van der Waals surface area contributed by atoms with Crippen molar-refractivity contribution in [3.8, 4) is 0 Å². The van der Waals surface area contributed by atoms with Gasteiger partial charge in [-0.1, -0.05) is 51.1 Å². The van der Waals surface area contributed by atoms with Gasteiger partial charge in [0.25, 0.3) is 0 Å². The number of carbonyl (C=O) groups excluding carboxylic acids is 1. The maximum atomic E-state index is 12.7. The van der Waals surface area contributed by atoms with Crippen LogP contribution in [0.2, 0.25) is 0 Å². The topological polar surface area (TPSA) is 72.4 Å². The van der Waals surface area contributed by atoms with Crippen molar-refractivity contribution in [1.82, 2.24) is 9.88 Å². The maximum Gasteiger partial charge on any atom is 0.244 e. The van der Waals surface area contributed by atoms with Gasteiger partial charge in [0.05, 0.1) is 6.54 Å². The molecule has 1 amide bonds. The highest BCUT2D eigenvalue weighted by Crippen LogP contribution is 2.28. The molecule has 2 heterocycles. The minimum Gasteiger partial charge on any atom is -0.445 e. The van der Waals surface area contributed by atoms with E-state index in [-0.39, 0.29) is 11.3 Å². The summed E-state index contributed by atoms with van der Waals surface area (Å²) in [4.78, 5) is 19.0. The summed E-state index contributed by atoms with van der Waals surface area (Å²) in [5.41, 5.74) is 7.68. The number of fused-ring (bicyclic) bond motifs is 1. The number of rotatable bonds is 2. The van der Waals surface area contributed by atoms with E-state index in [1.807, 2.05) is 30.3 Å². The van der Waals surface area contributed by atoms with Gasteiger partial charge in [0.2, 0.25) is 5.91 Å². The lowest BCUT2D eigenvalue weighted by Crippen LogP contribution is -2.41. The lowest BCUT2D eigenvalue weighted by Gasteiger charge is -2.28. The molecule has 3 rings (SSSR count). The molecule has 0 fully saturated rings. The zero-order chi connectivity index (χ0) is 16.6. The van der Waals surface area contributed by atoms with Gasteiger partial charge >= 0.3 is 0 Å². The van der Waals surface area contributed by atoms with E-state index >= 15 is 0 Å². The van der Waals surface area contributed by atoms with Crippen molar-refractivity contribution in [1.29, 1.82) is 0 Å². The third kappa shape index (κ3) is 3.15. The summed E-state index contributed by atoms with van der Waals surface area (Å²) in [6.07, 6.45) is 0.686. The molecule has 0 bridgehead atoms. The first-order valence-corrected chi connectivity index (χ1v) is 7.94. The van der Waals surface area contributed by atoms with Crippen LogP contribution in [0.5, 0.6) is 0 Å². The molecular formula is C18H23N3O2. The molecule has 1 aromatic carbocycles. The Hall–Kier alpha value is -2.14. The largest absolute Gasteiger partial charge is 0.445 e. The summed E-state index contributed by atoms with van der Waals surface area (Å²) in [6.45, 7) is 7.29. The van der Waals surface area contributed by atoms with Crippen LogP contribution in [0.3, 0.4) is 0 Å². The summed E-state index contributed by atoms with van der Waals surface area (Å²) in [5.74, 6) is 1.55. The number of nitrogens with two attached hydrogens (primary N) is 1. The Kier molecular flexibility index (Phi) is 3.98. The zero-order valence-electron chi connectivity index (χ0n) is 13.9. The number of hydrogen-bond donors (Lipinski definition) is 1. The molecule has 0 saturated carbocycles. The Morgan fingerprint density at radius 3 is 2.65 bits per heavy atom. The van der Waals surface area contributed by atoms with Gasteiger partial charge in [0.15, 0.2) is 5.89 Å². The highest BCUT2D eigenvalue weighted by atomic mass is 16.4. The van der Waals surface area contributed by atoms with Gasteiger partial charge in [-0.25, -0.2) is 4.98 Å². The SMILES string of the molecule is CC(C)(C)c1nc2c(o1)CCN(C(=O)[C@H](N)c1ccccc1)C2. The minimum absolute atomic E-state index is 0.0674. The van der Waals surface area contributed by atoms with Gasteiger partial charge in [0, 0.05) is 18.4 Å². The molecule has 5 heteroatoms. The van der Waals surface area contributed by atoms with Crippen LogP contribution >= 0.6 is 0 Å². The van der Waals surface area contributed by atoms with E-state index in [9.17, 15) is 4.79 Å². The van der Waals surface area contributed by atoms with E-state index in [0.29, 0.717) is 19.5 Å². The van der Waals surface area contributed by atoms with Gasteiger partial charge in [-0.15, -0.1) is 0 Å². The molecule has 0 radical (unpaired) electrons. The van der Waals surface area contributed by atoms with Crippen LogP contribution in [-0.2, 0) is 23.2 Å². The second-order valence-electron chi connectivity index (χ2n) is 7.04. The molecule has 0 saturated heterocycles. The number of oxazole rings is 1. The molecule has 1 aromatic heterocycles. The Labute approximate surface area is 136 Å². The van der Waals surface area contributed by atoms with Crippen molar-refractivity contribution >= 4 is 5.91 Å². The van der Waals surface area contributed by atoms with Crippen LogP contribution in [0.15, 0.2) is 34.7 Å². The monoisotopic (exact) mass is 313 g/mol. The molecular weight excluding hydrogens is 290 g/mol. The number of benzene rings is 1. The number of nitrogens with zero attached hydrogens (tertiary/aromatic N) is 2. The van der Waals surface area contributed by atoms with Crippen molar-refractivity contribution in [2.24, 2.45) is 5.73 Å². The van der Waals surface area contributed by atoms with E-state index in [2.05, 4.69) is 25.8 Å². The number of hydrogen-bond acceptors (Lipinski definition) is 4. The average molecular weight is 313 g/mol. The van der Waals surface area contributed by atoms with Gasteiger partial charge in [-0.05, 0) is 5.56 Å². The van der Waals surface area contributed by atoms with Crippen LogP contribution in [0.4, 0.5) is 0 Å². The highest BCUT2D eigenvalue weighted by Gasteiger charge is 2.31. The molecule has 23 heavy (non-hydrogen) atoms. The Balaban J connectivity index is 1.76. The van der Waals surface area contributed by atoms with E-state index in [4.69, 9.17) is 10.2 Å². The fourth-order valence-corrected chi connectivity index (χ4v) is 2.71. The van der Waals surface area contributed by atoms with E-state index in [0.717, 1.165) is 22.9 Å². The zero-order valence-corrected chi connectivity index (χ0v) is 13.9. The third-order valence-corrected chi connectivity index (χ3v) is 4.11. The molecule has 1 aliphatic heterocycles. The second-order valence-corrected chi connectivity index (χ2v) is 7.04. The lowest BCUT2D eigenvalue weighted by atomic mass is 9.97. The van der Waals surface area contributed by atoms with Crippen molar-refractivity contribution in [2.75, 3.05) is 6.54 Å². The average Bonchev–Trinajstić information content (AvgIpc) is 2.97. The highest BCUT2D eigenvalue weighted by molar-refractivity contribution is 5.83. The Morgan fingerprint density at radius 2 is 2.00 bits per heavy atom. The van der Waals surface area contributed by atoms with Crippen molar-refractivity contribution in [2.45, 2.75) is 45.2 Å². The predicted octanol–water partition coefficient (Wildman–Crippen LogP) is 2.56. The smallest absolute Gasteiger partial charge is 0.244 e. The lowest BCUT2D eigenvalue weighted by molar-refractivity contribution is -0.133. The molecule has 0 aliphatic carbocycles. The van der Waals surface area contributed by atoms with Crippen LogP contribution < -0.4 is 5.73 Å². The van der Waals surface area contributed by atoms with E-state index in [1.54, 1.807) is 4.90 Å². The maximum absolute atomic E-state index is 12.7. The van der Waals surface area contributed by atoms with Crippen LogP contribution in [0, 0.1) is 0 Å². The van der Waals surface area contributed by atoms with Crippen LogP contribution in [-0.4, -0.2) is 22.3 Å². The van der Waals surface area contributed by atoms with Gasteiger partial charge in [0.1, 0.15) is 17.5 Å². The Morgan fingerprint density at radius 1 is 1.30 bits per heavy atom. The molecule has 5 nitrogen and oxygen atoms in total. The molecule has 2 N–H and O–H groups in total. The van der Waals surface area contributed by atoms with E-state index < -0.39 is 6.04 Å². The molecule has 122 valence electrons. The Bertz CT molecular complexity index is 701. The fraction of sp³-hybridized carbons (Fsp3) is 0.444. The van der Waals surface area contributed by atoms with Gasteiger partial charge in [-0.2, -0.15) is 0 Å². The van der Waals surface area contributed by atoms with Crippen LogP contribution in [0.25, 0.3) is 0 Å². The quantitative estimate of drug-likeness (QED) is 0.925. The van der Waals surface area contributed by atoms with Crippen molar-refractivity contribution < 1.29 is 9.21 Å². The first-order chi connectivity index (χ1) is 10.9. The standard InChI is InChI=1S/C18H23N3O2/c1-18(2,3)17-20-13-11-21(10-9-14(13)23-17)16(22)15(19)12-7-5-4-6-8-12/h4-8,15H,9-11,19H2,1-3H3/t15-/m1/s1. The first kappa shape index (κ1) is 15.7. The third-order valence-electron chi connectivity index (χ3n) is 4.11. The predicted molar refractivity (Wildman–Crippen MR) is 87.7 cm³/mol. The molecule has 1 atom stereocenters. The summed E-state index contributed by atoms with van der Waals surface area (Å²) in [6, 6.07) is 8.83. The molecule has 0 spiro atoms. The van der Waals surface area contributed by atoms with Crippen LogP contribution in [0.1, 0.15) is 49.7 Å². The summed E-state index contributed by atoms with van der Waals surface area (Å²) >= 11 is 0. The summed E-state index contributed by atoms with van der Waals surface area (Å²) in [5, 5.41) is 0. The molecule has 2 aromatic rings. The first-order valence-electron chi connectivity index (χ1n) is 7.94. The van der Waals surface area contributed by atoms with Gasteiger partial charge in [-0.3, -0.25) is 4.79 Å². The van der Waals surface area contributed by atoms with Gasteiger partial charge < -0.3 is 15.1 Å². The minimum atomic E-state index is -0.633. The summed E-state index contributed by atoms with van der Waals surface area (Å²) in [7, 11) is 0. The van der Waals surface area contributed by atoms with Crippen molar-refractivity contribution in [3.63, 3.8) is 0 Å².